The molecule has 7 nitrogen and oxygen atoms in total. The molecule has 8 heteroatoms. The lowest BCUT2D eigenvalue weighted by Gasteiger charge is -2.18. The van der Waals surface area contributed by atoms with Crippen LogP contribution in [0.25, 0.3) is 17.1 Å². The number of imidazole rings is 1. The van der Waals surface area contributed by atoms with Gasteiger partial charge in [-0.25, -0.2) is 18.1 Å². The maximum atomic E-state index is 12.5. The quantitative estimate of drug-likeness (QED) is 0.620. The molecule has 0 aliphatic rings. The van der Waals surface area contributed by atoms with Crippen molar-refractivity contribution in [2.75, 3.05) is 18.5 Å². The van der Waals surface area contributed by atoms with Crippen molar-refractivity contribution in [3.63, 3.8) is 0 Å². The smallest absolute Gasteiger partial charge is 0.262 e. The van der Waals surface area contributed by atoms with E-state index in [-0.39, 0.29) is 10.8 Å². The molecule has 0 radical (unpaired) electrons. The zero-order valence-corrected chi connectivity index (χ0v) is 16.6. The first kappa shape index (κ1) is 19.8. The summed E-state index contributed by atoms with van der Waals surface area (Å²) in [6.45, 7) is 4.45. The molecule has 3 aromatic rings. The van der Waals surface area contributed by atoms with Gasteiger partial charge in [-0.1, -0.05) is 38.1 Å². The number of carbonyl (C=O) groups excluding carboxylic acids is 1. The van der Waals surface area contributed by atoms with Gasteiger partial charge in [0.1, 0.15) is 6.33 Å². The van der Waals surface area contributed by atoms with Crippen molar-refractivity contribution in [2.24, 2.45) is 0 Å². The summed E-state index contributed by atoms with van der Waals surface area (Å²) >= 11 is 0. The van der Waals surface area contributed by atoms with Gasteiger partial charge in [0, 0.05) is 19.2 Å². The Kier molecular flexibility index (Phi) is 5.91. The van der Waals surface area contributed by atoms with Crippen LogP contribution < -0.4 is 5.43 Å². The SMILES string of the molecule is CCN(CC)S(=O)(=O)c1ccc(/C=C/C(=O)Nn2cnc3ccccc32)cc1. The number of amides is 1. The highest BCUT2D eigenvalue weighted by Gasteiger charge is 2.20. The molecule has 3 rings (SSSR count). The first-order valence-electron chi connectivity index (χ1n) is 8.97. The third kappa shape index (κ3) is 4.13. The zero-order chi connectivity index (χ0) is 20.1. The van der Waals surface area contributed by atoms with Crippen LogP contribution >= 0.6 is 0 Å². The van der Waals surface area contributed by atoms with Crippen molar-refractivity contribution in [2.45, 2.75) is 18.7 Å². The maximum Gasteiger partial charge on any atom is 0.262 e. The Labute approximate surface area is 164 Å². The number of sulfonamides is 1. The number of carbonyl (C=O) groups is 1. The lowest BCUT2D eigenvalue weighted by molar-refractivity contribution is -0.112. The maximum absolute atomic E-state index is 12.5. The first-order valence-corrected chi connectivity index (χ1v) is 10.4. The molecule has 0 unspecified atom stereocenters. The highest BCUT2D eigenvalue weighted by molar-refractivity contribution is 7.89. The number of nitrogens with one attached hydrogen (secondary N) is 1. The van der Waals surface area contributed by atoms with Gasteiger partial charge < -0.3 is 0 Å². The number of nitrogens with zero attached hydrogens (tertiary/aromatic N) is 3. The summed E-state index contributed by atoms with van der Waals surface area (Å²) in [6.07, 6.45) is 4.56. The molecule has 0 saturated heterocycles. The lowest BCUT2D eigenvalue weighted by atomic mass is 10.2. The predicted molar refractivity (Wildman–Crippen MR) is 110 cm³/mol. The van der Waals surface area contributed by atoms with Crippen molar-refractivity contribution >= 4 is 33.0 Å². The van der Waals surface area contributed by atoms with Crippen LogP contribution in [-0.4, -0.2) is 41.4 Å². The van der Waals surface area contributed by atoms with Crippen molar-refractivity contribution in [3.05, 3.63) is 66.5 Å². The molecule has 146 valence electrons. The molecule has 0 atom stereocenters. The van der Waals surface area contributed by atoms with E-state index in [0.717, 1.165) is 16.6 Å². The number of para-hydroxylation sites is 2. The second-order valence-corrected chi connectivity index (χ2v) is 8.01. The van der Waals surface area contributed by atoms with Gasteiger partial charge >= 0.3 is 0 Å². The Balaban J connectivity index is 1.70. The Morgan fingerprint density at radius 3 is 2.46 bits per heavy atom. The molecule has 1 amide bonds. The fraction of sp³-hybridized carbons (Fsp3) is 0.200. The van der Waals surface area contributed by atoms with E-state index in [4.69, 9.17) is 0 Å². The molecule has 1 N–H and O–H groups in total. The Hall–Kier alpha value is -2.97. The third-order valence-electron chi connectivity index (χ3n) is 4.33. The molecule has 2 aromatic carbocycles. The van der Waals surface area contributed by atoms with Crippen LogP contribution in [0.4, 0.5) is 0 Å². The summed E-state index contributed by atoms with van der Waals surface area (Å²) < 4.78 is 27.9. The van der Waals surface area contributed by atoms with E-state index in [9.17, 15) is 13.2 Å². The van der Waals surface area contributed by atoms with Crippen LogP contribution in [-0.2, 0) is 14.8 Å². The second kappa shape index (κ2) is 8.37. The number of hydrogen-bond acceptors (Lipinski definition) is 4. The molecule has 0 bridgehead atoms. The summed E-state index contributed by atoms with van der Waals surface area (Å²) in [5, 5.41) is 0. The summed E-state index contributed by atoms with van der Waals surface area (Å²) in [5.41, 5.74) is 5.04. The molecule has 1 heterocycles. The predicted octanol–water partition coefficient (Wildman–Crippen LogP) is 2.85. The Morgan fingerprint density at radius 1 is 1.11 bits per heavy atom. The van der Waals surface area contributed by atoms with Gasteiger partial charge in [-0.2, -0.15) is 4.31 Å². The van der Waals surface area contributed by atoms with E-state index < -0.39 is 10.0 Å². The van der Waals surface area contributed by atoms with Crippen LogP contribution in [0.5, 0.6) is 0 Å². The van der Waals surface area contributed by atoms with Gasteiger partial charge in [-0.3, -0.25) is 10.2 Å². The molecular formula is C20H22N4O3S. The van der Waals surface area contributed by atoms with Gasteiger partial charge in [-0.15, -0.1) is 0 Å². The van der Waals surface area contributed by atoms with E-state index in [0.29, 0.717) is 13.1 Å². The topological polar surface area (TPSA) is 84.3 Å². The molecular weight excluding hydrogens is 376 g/mol. The van der Waals surface area contributed by atoms with Crippen LogP contribution in [0.15, 0.2) is 65.8 Å². The van der Waals surface area contributed by atoms with Crippen LogP contribution in [0.2, 0.25) is 0 Å². The number of aromatic nitrogens is 2. The van der Waals surface area contributed by atoms with Gasteiger partial charge in [-0.05, 0) is 35.9 Å². The minimum Gasteiger partial charge on any atom is -0.268 e. The summed E-state index contributed by atoms with van der Waals surface area (Å²) in [5.74, 6) is -0.317. The molecule has 28 heavy (non-hydrogen) atoms. The summed E-state index contributed by atoms with van der Waals surface area (Å²) in [4.78, 5) is 16.6. The van der Waals surface area contributed by atoms with Gasteiger partial charge in [0.25, 0.3) is 5.91 Å². The Bertz CT molecular complexity index is 1100. The number of hydrogen-bond donors (Lipinski definition) is 1. The second-order valence-electron chi connectivity index (χ2n) is 6.07. The largest absolute Gasteiger partial charge is 0.268 e. The minimum absolute atomic E-state index is 0.239. The first-order chi connectivity index (χ1) is 13.5. The lowest BCUT2D eigenvalue weighted by Crippen LogP contribution is -2.30. The van der Waals surface area contributed by atoms with Gasteiger partial charge in [0.2, 0.25) is 10.0 Å². The monoisotopic (exact) mass is 398 g/mol. The van der Waals surface area contributed by atoms with Gasteiger partial charge in [0.15, 0.2) is 0 Å². The molecule has 1 aromatic heterocycles. The van der Waals surface area contributed by atoms with Crippen molar-refractivity contribution in [1.82, 2.24) is 14.0 Å². The number of fused-ring (bicyclic) bond motifs is 1. The molecule has 0 aliphatic carbocycles. The van der Waals surface area contributed by atoms with E-state index in [1.54, 1.807) is 55.2 Å². The fourth-order valence-corrected chi connectivity index (χ4v) is 4.30. The summed E-state index contributed by atoms with van der Waals surface area (Å²) in [7, 11) is -3.48. The van der Waals surface area contributed by atoms with Crippen molar-refractivity contribution < 1.29 is 13.2 Å². The highest BCUT2D eigenvalue weighted by Crippen LogP contribution is 2.17. The van der Waals surface area contributed by atoms with E-state index in [1.807, 2.05) is 24.3 Å². The third-order valence-corrected chi connectivity index (χ3v) is 6.40. The van der Waals surface area contributed by atoms with Crippen LogP contribution in [0.1, 0.15) is 19.4 Å². The average Bonchev–Trinajstić information content (AvgIpc) is 3.10. The molecule has 0 saturated carbocycles. The zero-order valence-electron chi connectivity index (χ0n) is 15.7. The number of rotatable bonds is 7. The minimum atomic E-state index is -3.48. The van der Waals surface area contributed by atoms with E-state index in [2.05, 4.69) is 10.4 Å². The van der Waals surface area contributed by atoms with E-state index >= 15 is 0 Å². The fourth-order valence-electron chi connectivity index (χ4n) is 2.84. The molecule has 0 aliphatic heterocycles. The van der Waals surface area contributed by atoms with Crippen LogP contribution in [0.3, 0.4) is 0 Å². The average molecular weight is 398 g/mol. The number of benzene rings is 2. The Morgan fingerprint density at radius 2 is 1.79 bits per heavy atom. The highest BCUT2D eigenvalue weighted by atomic mass is 32.2. The molecule has 0 fully saturated rings. The van der Waals surface area contributed by atoms with Crippen molar-refractivity contribution in [1.29, 1.82) is 0 Å². The standard InChI is InChI=1S/C20H22N4O3S/c1-3-23(4-2)28(26,27)17-12-9-16(10-13-17)11-14-20(25)22-24-15-21-18-7-5-6-8-19(18)24/h5-15H,3-4H2,1-2H3,(H,22,25)/b14-11+. The molecule has 0 spiro atoms. The summed E-state index contributed by atoms with van der Waals surface area (Å²) in [6, 6.07) is 13.9. The normalized spacial score (nSPS) is 12.1. The van der Waals surface area contributed by atoms with Gasteiger partial charge in [0.05, 0.1) is 15.9 Å². The van der Waals surface area contributed by atoms with E-state index in [1.165, 1.54) is 10.4 Å². The van der Waals surface area contributed by atoms with Crippen molar-refractivity contribution in [3.8, 4) is 0 Å². The van der Waals surface area contributed by atoms with Crippen LogP contribution in [0, 0.1) is 0 Å².